The molecule has 1 rings (SSSR count). The molecule has 10 N–H and O–H groups in total. The normalized spacial score (nSPS) is 18.4. The molecule has 3 atom stereocenters. The van der Waals surface area contributed by atoms with Crippen LogP contribution in [-0.2, 0) is 14.4 Å². The van der Waals surface area contributed by atoms with Crippen LogP contribution in [0, 0.1) is 0 Å². The van der Waals surface area contributed by atoms with Crippen molar-refractivity contribution in [2.75, 3.05) is 19.6 Å². The fraction of sp³-hybridized carbons (Fsp3) is 0.765. The molecule has 28 heavy (non-hydrogen) atoms. The summed E-state index contributed by atoms with van der Waals surface area (Å²) in [6.07, 6.45) is 3.75. The lowest BCUT2D eigenvalue weighted by Crippen LogP contribution is -2.53. The summed E-state index contributed by atoms with van der Waals surface area (Å²) >= 11 is 0. The van der Waals surface area contributed by atoms with Crippen LogP contribution in [0.2, 0.25) is 0 Å². The van der Waals surface area contributed by atoms with Crippen LogP contribution in [0.15, 0.2) is 4.99 Å². The molecule has 0 saturated carbocycles. The van der Waals surface area contributed by atoms with Crippen molar-refractivity contribution in [1.29, 1.82) is 0 Å². The molecule has 0 spiro atoms. The molecule has 0 radical (unpaired) electrons. The fourth-order valence-electron chi connectivity index (χ4n) is 3.18. The van der Waals surface area contributed by atoms with E-state index in [-0.39, 0.29) is 24.8 Å². The average Bonchev–Trinajstić information content (AvgIpc) is 3.12. The van der Waals surface area contributed by atoms with Gasteiger partial charge in [0.05, 0.1) is 6.04 Å². The van der Waals surface area contributed by atoms with E-state index in [1.165, 1.54) is 4.90 Å². The number of aliphatic imine (C=N–C) groups is 1. The standard InChI is InChI=1S/C17H33N7O4/c18-8-2-1-5-11(19)15(26)24-10-4-7-13(24)14(25)23-12(16(27)28)6-3-9-22-17(20)21/h11-13H,1-10,18-19H2,(H,23,25)(H,27,28)(H4,20,21,22)/t11?,12-,13-/m0/s1. The lowest BCUT2D eigenvalue weighted by molar-refractivity contribution is -0.144. The Morgan fingerprint density at radius 2 is 1.89 bits per heavy atom. The van der Waals surface area contributed by atoms with Gasteiger partial charge in [-0.1, -0.05) is 6.42 Å². The predicted molar refractivity (Wildman–Crippen MR) is 105 cm³/mol. The van der Waals surface area contributed by atoms with Crippen molar-refractivity contribution in [3.8, 4) is 0 Å². The largest absolute Gasteiger partial charge is 0.480 e. The number of carboxylic acids is 1. The Hall–Kier alpha value is -2.40. The van der Waals surface area contributed by atoms with Gasteiger partial charge in [0.15, 0.2) is 5.96 Å². The van der Waals surface area contributed by atoms with Gasteiger partial charge in [-0.15, -0.1) is 0 Å². The van der Waals surface area contributed by atoms with E-state index in [0.717, 1.165) is 12.8 Å². The first-order chi connectivity index (χ1) is 13.3. The van der Waals surface area contributed by atoms with Gasteiger partial charge in [0.25, 0.3) is 0 Å². The Morgan fingerprint density at radius 3 is 2.50 bits per heavy atom. The number of nitrogens with zero attached hydrogens (tertiary/aromatic N) is 2. The molecular formula is C17H33N7O4. The van der Waals surface area contributed by atoms with Gasteiger partial charge in [-0.25, -0.2) is 4.79 Å². The molecule has 1 unspecified atom stereocenters. The molecule has 11 heteroatoms. The monoisotopic (exact) mass is 399 g/mol. The van der Waals surface area contributed by atoms with Crippen LogP contribution < -0.4 is 28.3 Å². The summed E-state index contributed by atoms with van der Waals surface area (Å²) in [5, 5.41) is 11.9. The van der Waals surface area contributed by atoms with E-state index in [4.69, 9.17) is 22.9 Å². The Kier molecular flexibility index (Phi) is 10.2. The summed E-state index contributed by atoms with van der Waals surface area (Å²) in [6, 6.07) is -2.46. The lowest BCUT2D eigenvalue weighted by Gasteiger charge is -2.27. The quantitative estimate of drug-likeness (QED) is 0.123. The molecule has 160 valence electrons. The van der Waals surface area contributed by atoms with Crippen molar-refractivity contribution in [2.45, 2.75) is 63.1 Å². The van der Waals surface area contributed by atoms with Crippen LogP contribution in [0.5, 0.6) is 0 Å². The number of nitrogens with one attached hydrogen (secondary N) is 1. The zero-order chi connectivity index (χ0) is 21.1. The first-order valence-electron chi connectivity index (χ1n) is 9.62. The second-order valence-electron chi connectivity index (χ2n) is 6.93. The Morgan fingerprint density at radius 1 is 1.18 bits per heavy atom. The Balaban J connectivity index is 2.62. The molecule has 1 aliphatic rings. The van der Waals surface area contributed by atoms with E-state index in [2.05, 4.69) is 10.3 Å². The molecule has 1 aliphatic heterocycles. The second kappa shape index (κ2) is 12.1. The molecule has 1 saturated heterocycles. The third kappa shape index (κ3) is 7.69. The third-order valence-electron chi connectivity index (χ3n) is 4.68. The highest BCUT2D eigenvalue weighted by Crippen LogP contribution is 2.19. The zero-order valence-electron chi connectivity index (χ0n) is 16.2. The van der Waals surface area contributed by atoms with Crippen LogP contribution in [0.25, 0.3) is 0 Å². The van der Waals surface area contributed by atoms with Crippen molar-refractivity contribution in [1.82, 2.24) is 10.2 Å². The van der Waals surface area contributed by atoms with Gasteiger partial charge < -0.3 is 38.3 Å². The number of carboxylic acid groups (broad SMARTS) is 1. The van der Waals surface area contributed by atoms with Gasteiger partial charge in [0, 0.05) is 13.1 Å². The summed E-state index contributed by atoms with van der Waals surface area (Å²) in [7, 11) is 0. The summed E-state index contributed by atoms with van der Waals surface area (Å²) < 4.78 is 0. The number of aliphatic carboxylic acids is 1. The molecule has 1 heterocycles. The van der Waals surface area contributed by atoms with E-state index in [1.54, 1.807) is 0 Å². The number of guanidine groups is 1. The molecule has 0 aromatic carbocycles. The fourth-order valence-corrected chi connectivity index (χ4v) is 3.18. The molecule has 0 bridgehead atoms. The maximum Gasteiger partial charge on any atom is 0.326 e. The first-order valence-corrected chi connectivity index (χ1v) is 9.62. The van der Waals surface area contributed by atoms with E-state index in [0.29, 0.717) is 38.8 Å². The van der Waals surface area contributed by atoms with Crippen LogP contribution in [0.3, 0.4) is 0 Å². The molecule has 11 nitrogen and oxygen atoms in total. The number of rotatable bonds is 12. The van der Waals surface area contributed by atoms with Crippen molar-refractivity contribution in [2.24, 2.45) is 27.9 Å². The predicted octanol–water partition coefficient (Wildman–Crippen LogP) is -1.94. The van der Waals surface area contributed by atoms with Gasteiger partial charge in [0.2, 0.25) is 11.8 Å². The zero-order valence-corrected chi connectivity index (χ0v) is 16.2. The number of nitrogens with two attached hydrogens (primary N) is 4. The summed E-state index contributed by atoms with van der Waals surface area (Å²) in [4.78, 5) is 41.9. The highest BCUT2D eigenvalue weighted by molar-refractivity contribution is 5.92. The Labute approximate surface area is 164 Å². The number of likely N-dealkylation sites (tertiary alicyclic amines) is 1. The van der Waals surface area contributed by atoms with Crippen LogP contribution in [0.1, 0.15) is 44.9 Å². The van der Waals surface area contributed by atoms with Crippen molar-refractivity contribution in [3.63, 3.8) is 0 Å². The topological polar surface area (TPSA) is 203 Å². The van der Waals surface area contributed by atoms with Gasteiger partial charge in [0.1, 0.15) is 12.1 Å². The minimum atomic E-state index is -1.15. The van der Waals surface area contributed by atoms with E-state index >= 15 is 0 Å². The van der Waals surface area contributed by atoms with Gasteiger partial charge in [-0.05, 0) is 45.1 Å². The van der Waals surface area contributed by atoms with Crippen molar-refractivity contribution in [3.05, 3.63) is 0 Å². The highest BCUT2D eigenvalue weighted by Gasteiger charge is 2.37. The van der Waals surface area contributed by atoms with E-state index in [1.807, 2.05) is 0 Å². The minimum Gasteiger partial charge on any atom is -0.480 e. The molecule has 0 aromatic rings. The number of amides is 2. The molecule has 2 amide bonds. The summed E-state index contributed by atoms with van der Waals surface area (Å²) in [5.41, 5.74) is 21.9. The maximum atomic E-state index is 12.6. The molecule has 0 aromatic heterocycles. The van der Waals surface area contributed by atoms with Crippen LogP contribution in [-0.4, -0.2) is 71.5 Å². The number of carbonyl (C=O) groups is 3. The third-order valence-corrected chi connectivity index (χ3v) is 4.68. The van der Waals surface area contributed by atoms with Gasteiger partial charge >= 0.3 is 5.97 Å². The van der Waals surface area contributed by atoms with E-state index < -0.39 is 30.0 Å². The minimum absolute atomic E-state index is 0.0705. The summed E-state index contributed by atoms with van der Waals surface area (Å²) in [6.45, 7) is 1.24. The average molecular weight is 399 g/mol. The van der Waals surface area contributed by atoms with Crippen molar-refractivity contribution >= 4 is 23.7 Å². The van der Waals surface area contributed by atoms with Gasteiger partial charge in [-0.2, -0.15) is 0 Å². The van der Waals surface area contributed by atoms with E-state index in [9.17, 15) is 19.5 Å². The number of hydrogen-bond acceptors (Lipinski definition) is 6. The highest BCUT2D eigenvalue weighted by atomic mass is 16.4. The first kappa shape index (κ1) is 23.6. The SMILES string of the molecule is NCCCCC(N)C(=O)N1CCC[C@H]1C(=O)N[C@@H](CCCN=C(N)N)C(=O)O. The van der Waals surface area contributed by atoms with Crippen molar-refractivity contribution < 1.29 is 19.5 Å². The Bertz CT molecular complexity index is 566. The summed E-state index contributed by atoms with van der Waals surface area (Å²) in [5.74, 6) is -1.98. The maximum absolute atomic E-state index is 12.6. The van der Waals surface area contributed by atoms with Gasteiger partial charge in [-0.3, -0.25) is 14.6 Å². The van der Waals surface area contributed by atoms with Crippen LogP contribution >= 0.6 is 0 Å². The number of carbonyl (C=O) groups excluding carboxylic acids is 2. The second-order valence-corrected chi connectivity index (χ2v) is 6.93. The number of unbranched alkanes of at least 4 members (excludes halogenated alkanes) is 1. The molecule has 1 fully saturated rings. The van der Waals surface area contributed by atoms with Crippen LogP contribution in [0.4, 0.5) is 0 Å². The smallest absolute Gasteiger partial charge is 0.326 e. The number of hydrogen-bond donors (Lipinski definition) is 6. The molecular weight excluding hydrogens is 366 g/mol. The lowest BCUT2D eigenvalue weighted by atomic mass is 10.1. The molecule has 0 aliphatic carbocycles.